The van der Waals surface area contributed by atoms with E-state index in [1.54, 1.807) is 48.5 Å². The molecule has 0 bridgehead atoms. The van der Waals surface area contributed by atoms with Crippen LogP contribution in [-0.2, 0) is 11.2 Å². The molecule has 0 unspecified atom stereocenters. The van der Waals surface area contributed by atoms with Gasteiger partial charge in [-0.25, -0.2) is 4.90 Å². The van der Waals surface area contributed by atoms with Crippen LogP contribution in [0.4, 0.5) is 5.69 Å². The van der Waals surface area contributed by atoms with Crippen molar-refractivity contribution in [2.75, 3.05) is 17.2 Å². The molecule has 9 nitrogen and oxygen atoms in total. The quantitative estimate of drug-likeness (QED) is 0.124. The highest BCUT2D eigenvalue weighted by molar-refractivity contribution is 14.1. The van der Waals surface area contributed by atoms with E-state index in [-0.39, 0.29) is 17.4 Å². The molecule has 1 aliphatic heterocycles. The van der Waals surface area contributed by atoms with Gasteiger partial charge in [0.1, 0.15) is 5.82 Å². The first-order valence-corrected chi connectivity index (χ1v) is 14.1. The number of hydrogen-bond acceptors (Lipinski definition) is 7. The zero-order valence-corrected chi connectivity index (χ0v) is 23.7. The van der Waals surface area contributed by atoms with Crippen molar-refractivity contribution in [1.29, 1.82) is 0 Å². The van der Waals surface area contributed by atoms with Crippen molar-refractivity contribution in [3.63, 3.8) is 0 Å². The molecule has 1 aliphatic rings. The van der Waals surface area contributed by atoms with E-state index in [1.165, 1.54) is 18.7 Å². The molecule has 1 aromatic heterocycles. The van der Waals surface area contributed by atoms with Gasteiger partial charge < -0.3 is 5.32 Å². The molecule has 4 aromatic rings. The smallest absolute Gasteiger partial charge is 0.266 e. The standard InChI is InChI=1S/C28H22IN5O4S/c1-17(35)30-14-13-25-31-32-28(33(25)20-11-9-19(29)10-12-20)39-16-24(36)18-5-4-6-21(15-18)34-26(37)22-7-2-3-8-23(22)27(34)38/h2-12,15H,13-14,16H2,1H3,(H,30,35). The van der Waals surface area contributed by atoms with Crippen LogP contribution < -0.4 is 10.2 Å². The molecular formula is C28H22IN5O4S. The van der Waals surface area contributed by atoms with Crippen LogP contribution in [0.1, 0.15) is 43.8 Å². The Hall–Kier alpha value is -3.84. The van der Waals surface area contributed by atoms with Gasteiger partial charge in [-0.3, -0.25) is 23.7 Å². The summed E-state index contributed by atoms with van der Waals surface area (Å²) in [7, 11) is 0. The van der Waals surface area contributed by atoms with Crippen molar-refractivity contribution in [3.05, 3.63) is 98.9 Å². The maximum absolute atomic E-state index is 13.2. The van der Waals surface area contributed by atoms with Gasteiger partial charge in [-0.2, -0.15) is 0 Å². The second-order valence-electron chi connectivity index (χ2n) is 8.70. The lowest BCUT2D eigenvalue weighted by atomic mass is 10.1. The number of hydrogen-bond donors (Lipinski definition) is 1. The zero-order valence-electron chi connectivity index (χ0n) is 20.8. The van der Waals surface area contributed by atoms with E-state index < -0.39 is 11.8 Å². The minimum Gasteiger partial charge on any atom is -0.356 e. The molecule has 0 saturated heterocycles. The highest BCUT2D eigenvalue weighted by Gasteiger charge is 2.36. The van der Waals surface area contributed by atoms with E-state index in [9.17, 15) is 19.2 Å². The number of imide groups is 1. The lowest BCUT2D eigenvalue weighted by molar-refractivity contribution is -0.118. The second-order valence-corrected chi connectivity index (χ2v) is 10.9. The molecule has 39 heavy (non-hydrogen) atoms. The van der Waals surface area contributed by atoms with Crippen molar-refractivity contribution >= 4 is 63.5 Å². The predicted octanol–water partition coefficient (Wildman–Crippen LogP) is 4.33. The van der Waals surface area contributed by atoms with Gasteiger partial charge in [0.05, 0.1) is 22.6 Å². The molecular weight excluding hydrogens is 629 g/mol. The van der Waals surface area contributed by atoms with E-state index >= 15 is 0 Å². The van der Waals surface area contributed by atoms with Gasteiger partial charge in [0.25, 0.3) is 11.8 Å². The maximum Gasteiger partial charge on any atom is 0.266 e. The van der Waals surface area contributed by atoms with Crippen LogP contribution in [0.15, 0.2) is 78.0 Å². The SMILES string of the molecule is CC(=O)NCCc1nnc(SCC(=O)c2cccc(N3C(=O)c4ccccc4C3=O)c2)n1-c1ccc(I)cc1. The average molecular weight is 651 g/mol. The fourth-order valence-corrected chi connectivity index (χ4v) is 5.44. The second kappa shape index (κ2) is 11.5. The summed E-state index contributed by atoms with van der Waals surface area (Å²) < 4.78 is 2.96. The van der Waals surface area contributed by atoms with Crippen LogP contribution in [0.3, 0.4) is 0 Å². The molecule has 11 heteroatoms. The molecule has 0 fully saturated rings. The van der Waals surface area contributed by atoms with Gasteiger partial charge in [0.15, 0.2) is 10.9 Å². The number of fused-ring (bicyclic) bond motifs is 1. The summed E-state index contributed by atoms with van der Waals surface area (Å²) >= 11 is 3.47. The van der Waals surface area contributed by atoms with Crippen molar-refractivity contribution in [3.8, 4) is 5.69 Å². The summed E-state index contributed by atoms with van der Waals surface area (Å²) in [6.45, 7) is 1.87. The van der Waals surface area contributed by atoms with Crippen LogP contribution >= 0.6 is 34.4 Å². The highest BCUT2D eigenvalue weighted by Crippen LogP contribution is 2.30. The summed E-state index contributed by atoms with van der Waals surface area (Å²) in [4.78, 5) is 51.4. The zero-order chi connectivity index (χ0) is 27.5. The van der Waals surface area contributed by atoms with Gasteiger partial charge in [-0.1, -0.05) is 36.0 Å². The van der Waals surface area contributed by atoms with Crippen molar-refractivity contribution < 1.29 is 19.2 Å². The largest absolute Gasteiger partial charge is 0.356 e. The Kier molecular flexibility index (Phi) is 7.89. The first kappa shape index (κ1) is 26.8. The molecule has 2 heterocycles. The minimum atomic E-state index is -0.410. The van der Waals surface area contributed by atoms with Gasteiger partial charge in [-0.05, 0) is 71.1 Å². The number of anilines is 1. The summed E-state index contributed by atoms with van der Waals surface area (Å²) in [5.74, 6) is -0.402. The molecule has 5 rings (SSSR count). The Morgan fingerprint density at radius 1 is 0.897 bits per heavy atom. The number of rotatable bonds is 9. The van der Waals surface area contributed by atoms with E-state index in [2.05, 4.69) is 38.1 Å². The Bertz CT molecular complexity index is 1570. The Morgan fingerprint density at radius 2 is 1.59 bits per heavy atom. The van der Waals surface area contributed by atoms with Crippen molar-refractivity contribution in [1.82, 2.24) is 20.1 Å². The van der Waals surface area contributed by atoms with E-state index in [1.807, 2.05) is 28.8 Å². The normalized spacial score (nSPS) is 12.5. The highest BCUT2D eigenvalue weighted by atomic mass is 127. The van der Waals surface area contributed by atoms with E-state index in [4.69, 9.17) is 0 Å². The monoisotopic (exact) mass is 651 g/mol. The fourth-order valence-electron chi connectivity index (χ4n) is 4.21. The summed E-state index contributed by atoms with van der Waals surface area (Å²) in [6, 6.07) is 21.0. The van der Waals surface area contributed by atoms with Gasteiger partial charge in [0.2, 0.25) is 5.91 Å². The van der Waals surface area contributed by atoms with E-state index in [0.717, 1.165) is 14.2 Å². The van der Waals surface area contributed by atoms with Crippen molar-refractivity contribution in [2.45, 2.75) is 18.5 Å². The third-order valence-corrected chi connectivity index (χ3v) is 7.71. The third kappa shape index (κ3) is 5.64. The van der Waals surface area contributed by atoms with Gasteiger partial charge >= 0.3 is 0 Å². The number of nitrogens with zero attached hydrogens (tertiary/aromatic N) is 4. The van der Waals surface area contributed by atoms with E-state index in [0.29, 0.717) is 46.3 Å². The number of benzene rings is 3. The number of nitrogens with one attached hydrogen (secondary N) is 1. The molecule has 0 saturated carbocycles. The molecule has 3 aromatic carbocycles. The summed E-state index contributed by atoms with van der Waals surface area (Å²) in [5, 5.41) is 11.9. The molecule has 0 aliphatic carbocycles. The van der Waals surface area contributed by atoms with Crippen LogP contribution in [-0.4, -0.2) is 50.6 Å². The lowest BCUT2D eigenvalue weighted by Gasteiger charge is -2.15. The van der Waals surface area contributed by atoms with Crippen LogP contribution in [0.5, 0.6) is 0 Å². The maximum atomic E-state index is 13.2. The number of aromatic nitrogens is 3. The first-order valence-electron chi connectivity index (χ1n) is 12.0. The Morgan fingerprint density at radius 3 is 2.26 bits per heavy atom. The number of halogens is 1. The number of amides is 3. The minimum absolute atomic E-state index is 0.0692. The number of thioether (sulfide) groups is 1. The molecule has 1 N–H and O–H groups in total. The topological polar surface area (TPSA) is 114 Å². The van der Waals surface area contributed by atoms with Crippen LogP contribution in [0.25, 0.3) is 5.69 Å². The van der Waals surface area contributed by atoms with Crippen LogP contribution in [0, 0.1) is 3.57 Å². The summed E-state index contributed by atoms with van der Waals surface area (Å²) in [6.07, 6.45) is 0.468. The number of carbonyl (C=O) groups excluding carboxylic acids is 4. The molecule has 0 atom stereocenters. The average Bonchev–Trinajstić information content (AvgIpc) is 3.45. The summed E-state index contributed by atoms with van der Waals surface area (Å²) in [5.41, 5.74) is 2.26. The van der Waals surface area contributed by atoms with Gasteiger partial charge in [-0.15, -0.1) is 10.2 Å². The number of carbonyl (C=O) groups is 4. The fraction of sp³-hybridized carbons (Fsp3) is 0.143. The Balaban J connectivity index is 1.35. The Labute approximate surface area is 242 Å². The predicted molar refractivity (Wildman–Crippen MR) is 156 cm³/mol. The first-order chi connectivity index (χ1) is 18.8. The number of ketones is 1. The van der Waals surface area contributed by atoms with Gasteiger partial charge in [0, 0.05) is 34.7 Å². The lowest BCUT2D eigenvalue weighted by Crippen LogP contribution is -2.29. The molecule has 0 radical (unpaired) electrons. The molecule has 0 spiro atoms. The third-order valence-electron chi connectivity index (χ3n) is 6.06. The number of Topliss-reactive ketones (excluding diaryl/α,β-unsaturated/α-hetero) is 1. The van der Waals surface area contributed by atoms with Crippen molar-refractivity contribution in [2.24, 2.45) is 0 Å². The molecule has 3 amide bonds. The molecule has 196 valence electrons. The van der Waals surface area contributed by atoms with Crippen LogP contribution in [0.2, 0.25) is 0 Å².